The average Bonchev–Trinajstić information content (AvgIpc) is 2.59. The maximum absolute atomic E-state index is 12.2. The van der Waals surface area contributed by atoms with Gasteiger partial charge in [0.15, 0.2) is 6.04 Å². The minimum absolute atomic E-state index is 0.413. The largest absolute Gasteiger partial charge is 0.497 e. The van der Waals surface area contributed by atoms with Crippen LogP contribution in [0.2, 0.25) is 0 Å². The highest BCUT2D eigenvalue weighted by molar-refractivity contribution is 5.96. The molecule has 2 aromatic rings. The Morgan fingerprint density at radius 3 is 2.38 bits per heavy atom. The molecule has 6 nitrogen and oxygen atoms in total. The summed E-state index contributed by atoms with van der Waals surface area (Å²) in [5.41, 5.74) is 7.03. The molecule has 24 heavy (non-hydrogen) atoms. The zero-order chi connectivity index (χ0) is 17.4. The maximum Gasteiger partial charge on any atom is 0.319 e. The van der Waals surface area contributed by atoms with Gasteiger partial charge >= 0.3 is 6.03 Å². The third-order valence-electron chi connectivity index (χ3n) is 3.68. The summed E-state index contributed by atoms with van der Waals surface area (Å²) in [5.74, 6) is 0.397. The molecule has 0 bridgehead atoms. The Labute approximate surface area is 141 Å². The third-order valence-corrected chi connectivity index (χ3v) is 3.68. The predicted molar refractivity (Wildman–Crippen MR) is 90.4 cm³/mol. The van der Waals surface area contributed by atoms with Crippen LogP contribution in [0, 0.1) is 0 Å². The molecule has 0 radical (unpaired) electrons. The molecule has 0 heterocycles. The highest BCUT2D eigenvalue weighted by Gasteiger charge is 2.24. The Balaban J connectivity index is 1.99. The van der Waals surface area contributed by atoms with Crippen LogP contribution in [-0.2, 0) is 11.2 Å². The second-order valence-corrected chi connectivity index (χ2v) is 5.36. The van der Waals surface area contributed by atoms with E-state index >= 15 is 0 Å². The van der Waals surface area contributed by atoms with Crippen molar-refractivity contribution in [2.45, 2.75) is 12.5 Å². The predicted octanol–water partition coefficient (Wildman–Crippen LogP) is 0.737. The summed E-state index contributed by atoms with van der Waals surface area (Å²) in [5, 5.41) is 4.06. The van der Waals surface area contributed by atoms with E-state index in [1.54, 1.807) is 7.11 Å². The fourth-order valence-electron chi connectivity index (χ4n) is 2.46. The summed E-state index contributed by atoms with van der Waals surface area (Å²) in [4.78, 5) is 23.2. The fraction of sp³-hybridized carbons (Fsp3) is 0.222. The van der Waals surface area contributed by atoms with Crippen molar-refractivity contribution in [3.8, 4) is 5.75 Å². The SMILES string of the molecule is COc1ccc(CC[NH2+][C@@H](C(=O)NC(N)=O)c2ccccc2)cc1. The van der Waals surface area contributed by atoms with Crippen LogP contribution in [0.25, 0.3) is 0 Å². The molecule has 1 atom stereocenters. The van der Waals surface area contributed by atoms with Gasteiger partial charge in [-0.3, -0.25) is 10.1 Å². The molecule has 6 heteroatoms. The quantitative estimate of drug-likeness (QED) is 0.699. The van der Waals surface area contributed by atoms with E-state index in [0.717, 1.165) is 23.3 Å². The normalized spacial score (nSPS) is 11.5. The highest BCUT2D eigenvalue weighted by Crippen LogP contribution is 2.11. The smallest absolute Gasteiger partial charge is 0.319 e. The number of ether oxygens (including phenoxy) is 1. The highest BCUT2D eigenvalue weighted by atomic mass is 16.5. The number of rotatable bonds is 7. The topological polar surface area (TPSA) is 98.0 Å². The van der Waals surface area contributed by atoms with Gasteiger partial charge in [-0.25, -0.2) is 4.79 Å². The molecule has 0 spiro atoms. The van der Waals surface area contributed by atoms with E-state index in [9.17, 15) is 9.59 Å². The van der Waals surface area contributed by atoms with Gasteiger partial charge in [-0.2, -0.15) is 0 Å². The second-order valence-electron chi connectivity index (χ2n) is 5.36. The number of urea groups is 1. The summed E-state index contributed by atoms with van der Waals surface area (Å²) >= 11 is 0. The number of nitrogens with one attached hydrogen (secondary N) is 1. The zero-order valence-corrected chi connectivity index (χ0v) is 13.6. The third kappa shape index (κ3) is 5.10. The lowest BCUT2D eigenvalue weighted by molar-refractivity contribution is -0.682. The van der Waals surface area contributed by atoms with Crippen molar-refractivity contribution in [1.82, 2.24) is 5.32 Å². The molecule has 2 rings (SSSR count). The average molecular weight is 328 g/mol. The number of quaternary nitrogens is 1. The van der Waals surface area contributed by atoms with E-state index in [4.69, 9.17) is 10.5 Å². The minimum atomic E-state index is -0.843. The van der Waals surface area contributed by atoms with Crippen LogP contribution in [0.1, 0.15) is 17.2 Å². The van der Waals surface area contributed by atoms with Gasteiger partial charge in [-0.1, -0.05) is 42.5 Å². The standard InChI is InChI=1S/C18H21N3O3/c1-24-15-9-7-13(8-10-15)11-12-20-16(17(22)21-18(19)23)14-5-3-2-4-6-14/h2-10,16,20H,11-12H2,1H3,(H3,19,21,22,23)/p+1/t16-/m1/s1. The molecule has 0 saturated carbocycles. The summed E-state index contributed by atoms with van der Waals surface area (Å²) in [7, 11) is 1.63. The summed E-state index contributed by atoms with van der Waals surface area (Å²) in [6.07, 6.45) is 0.789. The number of hydrogen-bond donors (Lipinski definition) is 3. The van der Waals surface area contributed by atoms with E-state index in [-0.39, 0.29) is 0 Å². The Bertz CT molecular complexity index is 672. The molecular formula is C18H22N3O3+. The van der Waals surface area contributed by atoms with Crippen molar-refractivity contribution in [2.24, 2.45) is 5.73 Å². The molecule has 0 aliphatic carbocycles. The van der Waals surface area contributed by atoms with Gasteiger partial charge in [-0.15, -0.1) is 0 Å². The van der Waals surface area contributed by atoms with Crippen LogP contribution in [0.3, 0.4) is 0 Å². The molecule has 5 N–H and O–H groups in total. The lowest BCUT2D eigenvalue weighted by Crippen LogP contribution is -2.88. The van der Waals surface area contributed by atoms with Gasteiger partial charge in [-0.05, 0) is 17.7 Å². The van der Waals surface area contributed by atoms with E-state index in [1.807, 2.05) is 59.9 Å². The molecule has 2 aromatic carbocycles. The van der Waals surface area contributed by atoms with Crippen LogP contribution in [0.4, 0.5) is 4.79 Å². The molecule has 126 valence electrons. The maximum atomic E-state index is 12.2. The van der Waals surface area contributed by atoms with Gasteiger partial charge in [0.05, 0.1) is 13.7 Å². The van der Waals surface area contributed by atoms with Crippen LogP contribution >= 0.6 is 0 Å². The second kappa shape index (κ2) is 8.69. The molecule has 0 aromatic heterocycles. The molecule has 0 saturated heterocycles. The zero-order valence-electron chi connectivity index (χ0n) is 13.6. The van der Waals surface area contributed by atoms with Crippen LogP contribution in [-0.4, -0.2) is 25.6 Å². The van der Waals surface area contributed by atoms with E-state index in [0.29, 0.717) is 6.54 Å². The molecule has 0 unspecified atom stereocenters. The van der Waals surface area contributed by atoms with E-state index in [1.165, 1.54) is 0 Å². The Morgan fingerprint density at radius 1 is 1.12 bits per heavy atom. The molecule has 0 aliphatic heterocycles. The summed E-state index contributed by atoms with van der Waals surface area (Å²) < 4.78 is 5.13. The number of nitrogens with two attached hydrogens (primary N) is 2. The van der Waals surface area contributed by atoms with Crippen molar-refractivity contribution in [1.29, 1.82) is 0 Å². The van der Waals surface area contributed by atoms with Gasteiger partial charge in [0.25, 0.3) is 5.91 Å². The van der Waals surface area contributed by atoms with E-state index in [2.05, 4.69) is 5.32 Å². The number of benzene rings is 2. The molecular weight excluding hydrogens is 306 g/mol. The number of carbonyl (C=O) groups is 2. The molecule has 0 aliphatic rings. The first-order valence-electron chi connectivity index (χ1n) is 7.71. The van der Waals surface area contributed by atoms with Crippen molar-refractivity contribution < 1.29 is 19.6 Å². The van der Waals surface area contributed by atoms with Gasteiger partial charge in [0.2, 0.25) is 0 Å². The van der Waals surface area contributed by atoms with Crippen LogP contribution in [0.5, 0.6) is 5.75 Å². The number of carbonyl (C=O) groups excluding carboxylic acids is 2. The number of primary amides is 1. The van der Waals surface area contributed by atoms with Gasteiger partial charge in [0, 0.05) is 12.0 Å². The van der Waals surface area contributed by atoms with Crippen molar-refractivity contribution in [3.63, 3.8) is 0 Å². The fourth-order valence-corrected chi connectivity index (χ4v) is 2.46. The van der Waals surface area contributed by atoms with Crippen LogP contribution < -0.4 is 21.1 Å². The van der Waals surface area contributed by atoms with Crippen molar-refractivity contribution in [3.05, 3.63) is 65.7 Å². The first kappa shape index (κ1) is 17.5. The van der Waals surface area contributed by atoms with Gasteiger partial charge in [0.1, 0.15) is 5.75 Å². The van der Waals surface area contributed by atoms with Crippen molar-refractivity contribution in [2.75, 3.05) is 13.7 Å². The lowest BCUT2D eigenvalue weighted by Gasteiger charge is -2.15. The van der Waals surface area contributed by atoms with Crippen molar-refractivity contribution >= 4 is 11.9 Å². The molecule has 0 fully saturated rings. The Kier molecular flexibility index (Phi) is 6.33. The number of methoxy groups -OCH3 is 1. The number of hydrogen-bond acceptors (Lipinski definition) is 3. The van der Waals surface area contributed by atoms with E-state index < -0.39 is 18.0 Å². The number of amides is 3. The summed E-state index contributed by atoms with van der Waals surface area (Å²) in [6.45, 7) is 0.693. The first-order valence-corrected chi connectivity index (χ1v) is 7.71. The first-order chi connectivity index (χ1) is 11.6. The van der Waals surface area contributed by atoms with Crippen LogP contribution in [0.15, 0.2) is 54.6 Å². The minimum Gasteiger partial charge on any atom is -0.497 e. The molecule has 3 amide bonds. The Morgan fingerprint density at radius 2 is 1.79 bits per heavy atom. The monoisotopic (exact) mass is 328 g/mol. The Hall–Kier alpha value is -2.86. The summed E-state index contributed by atoms with van der Waals surface area (Å²) in [6, 6.07) is 15.7. The van der Waals surface area contributed by atoms with Gasteiger partial charge < -0.3 is 15.8 Å². The number of imide groups is 1. The lowest BCUT2D eigenvalue weighted by atomic mass is 10.1.